The highest BCUT2D eigenvalue weighted by Gasteiger charge is 2.29. The molecule has 1 saturated carbocycles. The number of amides is 1. The van der Waals surface area contributed by atoms with E-state index < -0.39 is 0 Å². The highest BCUT2D eigenvalue weighted by atomic mass is 32.2. The molecule has 144 valence electrons. The van der Waals surface area contributed by atoms with Crippen LogP contribution in [0.25, 0.3) is 10.9 Å². The van der Waals surface area contributed by atoms with E-state index in [1.54, 1.807) is 10.6 Å². The Balaban J connectivity index is 1.55. The van der Waals surface area contributed by atoms with Crippen molar-refractivity contribution in [2.24, 2.45) is 5.92 Å². The summed E-state index contributed by atoms with van der Waals surface area (Å²) in [5, 5.41) is 4.25. The van der Waals surface area contributed by atoms with Gasteiger partial charge in [-0.3, -0.25) is 14.2 Å². The highest BCUT2D eigenvalue weighted by molar-refractivity contribution is 7.99. The van der Waals surface area contributed by atoms with Gasteiger partial charge in [0, 0.05) is 12.6 Å². The molecule has 1 aliphatic carbocycles. The molecular weight excluding hydrogens is 362 g/mol. The fraction of sp³-hybridized carbons (Fsp3) is 0.550. The van der Waals surface area contributed by atoms with Gasteiger partial charge in [-0.25, -0.2) is 4.98 Å². The Bertz CT molecular complexity index is 888. The van der Waals surface area contributed by atoms with E-state index in [4.69, 9.17) is 4.74 Å². The van der Waals surface area contributed by atoms with E-state index in [0.717, 1.165) is 19.4 Å². The van der Waals surface area contributed by atoms with Crippen LogP contribution in [0.15, 0.2) is 34.2 Å². The second kappa shape index (κ2) is 8.02. The maximum absolute atomic E-state index is 13.0. The summed E-state index contributed by atoms with van der Waals surface area (Å²) in [6.45, 7) is 3.28. The number of thioether (sulfide) groups is 1. The normalized spacial score (nSPS) is 20.7. The summed E-state index contributed by atoms with van der Waals surface area (Å²) in [5.41, 5.74) is 0.603. The first kappa shape index (κ1) is 18.5. The van der Waals surface area contributed by atoms with Crippen LogP contribution in [0.1, 0.15) is 32.6 Å². The van der Waals surface area contributed by atoms with Crippen molar-refractivity contribution in [1.29, 1.82) is 0 Å². The first-order valence-corrected chi connectivity index (χ1v) is 10.6. The molecule has 2 fully saturated rings. The molecule has 2 heterocycles. The molecule has 4 rings (SSSR count). The molecule has 1 aromatic carbocycles. The Morgan fingerprint density at radius 1 is 1.37 bits per heavy atom. The zero-order valence-corrected chi connectivity index (χ0v) is 16.3. The van der Waals surface area contributed by atoms with Gasteiger partial charge < -0.3 is 10.1 Å². The summed E-state index contributed by atoms with van der Waals surface area (Å²) in [7, 11) is 0. The Kier molecular flexibility index (Phi) is 5.50. The van der Waals surface area contributed by atoms with E-state index in [-0.39, 0.29) is 29.4 Å². The molecule has 0 spiro atoms. The fourth-order valence-corrected chi connectivity index (χ4v) is 4.37. The van der Waals surface area contributed by atoms with Crippen molar-refractivity contribution in [2.75, 3.05) is 12.4 Å². The Morgan fingerprint density at radius 2 is 2.19 bits per heavy atom. The zero-order chi connectivity index (χ0) is 18.8. The molecule has 1 N–H and O–H groups in total. The van der Waals surface area contributed by atoms with E-state index in [0.29, 0.717) is 28.5 Å². The lowest BCUT2D eigenvalue weighted by Gasteiger charge is -2.17. The number of ether oxygens (including phenoxy) is 1. The zero-order valence-electron chi connectivity index (χ0n) is 15.5. The van der Waals surface area contributed by atoms with Crippen molar-refractivity contribution in [3.05, 3.63) is 34.6 Å². The predicted molar refractivity (Wildman–Crippen MR) is 106 cm³/mol. The number of fused-ring (bicyclic) bond motifs is 1. The van der Waals surface area contributed by atoms with Crippen LogP contribution in [0.5, 0.6) is 0 Å². The molecule has 1 aromatic heterocycles. The number of rotatable bonds is 7. The Labute approximate surface area is 162 Å². The van der Waals surface area contributed by atoms with Gasteiger partial charge in [0.15, 0.2) is 5.16 Å². The van der Waals surface area contributed by atoms with Crippen LogP contribution in [0.3, 0.4) is 0 Å². The van der Waals surface area contributed by atoms with Crippen LogP contribution < -0.4 is 10.9 Å². The minimum Gasteiger partial charge on any atom is -0.376 e. The first-order valence-electron chi connectivity index (χ1n) is 9.65. The van der Waals surface area contributed by atoms with Crippen molar-refractivity contribution < 1.29 is 9.53 Å². The van der Waals surface area contributed by atoms with Crippen LogP contribution in [0.4, 0.5) is 0 Å². The molecule has 1 aliphatic heterocycles. The molecule has 0 radical (unpaired) electrons. The summed E-state index contributed by atoms with van der Waals surface area (Å²) in [6.07, 6.45) is 4.39. The first-order chi connectivity index (χ1) is 13.1. The number of benzene rings is 1. The summed E-state index contributed by atoms with van der Waals surface area (Å²) >= 11 is 1.33. The van der Waals surface area contributed by atoms with E-state index in [9.17, 15) is 9.59 Å². The van der Waals surface area contributed by atoms with Crippen LogP contribution in [0.2, 0.25) is 0 Å². The Hall–Kier alpha value is -1.86. The van der Waals surface area contributed by atoms with E-state index in [1.807, 2.05) is 18.2 Å². The topological polar surface area (TPSA) is 73.2 Å². The lowest BCUT2D eigenvalue weighted by atomic mass is 10.2. The third-order valence-corrected chi connectivity index (χ3v) is 6.26. The molecule has 2 atom stereocenters. The van der Waals surface area contributed by atoms with Gasteiger partial charge in [-0.05, 0) is 50.7 Å². The number of para-hydroxylation sites is 1. The van der Waals surface area contributed by atoms with Gasteiger partial charge in [-0.15, -0.1) is 0 Å². The number of carbonyl (C=O) groups excluding carboxylic acids is 1. The highest BCUT2D eigenvalue weighted by Crippen LogP contribution is 2.32. The number of carbonyl (C=O) groups is 1. The number of aromatic nitrogens is 2. The smallest absolute Gasteiger partial charge is 0.262 e. The van der Waals surface area contributed by atoms with Gasteiger partial charge in [0.05, 0.1) is 29.3 Å². The molecule has 0 unspecified atom stereocenters. The van der Waals surface area contributed by atoms with Crippen LogP contribution >= 0.6 is 11.8 Å². The molecule has 6 nitrogen and oxygen atoms in total. The van der Waals surface area contributed by atoms with Crippen molar-refractivity contribution >= 4 is 28.6 Å². The minimum absolute atomic E-state index is 0.00882. The maximum Gasteiger partial charge on any atom is 0.262 e. The number of hydrogen-bond donors (Lipinski definition) is 1. The second-order valence-electron chi connectivity index (χ2n) is 7.44. The second-order valence-corrected chi connectivity index (χ2v) is 8.39. The van der Waals surface area contributed by atoms with E-state index in [2.05, 4.69) is 17.2 Å². The molecule has 2 aromatic rings. The van der Waals surface area contributed by atoms with Crippen LogP contribution in [0, 0.1) is 5.92 Å². The van der Waals surface area contributed by atoms with Gasteiger partial charge >= 0.3 is 0 Å². The molecule has 7 heteroatoms. The average Bonchev–Trinajstić information content (AvgIpc) is 3.40. The summed E-state index contributed by atoms with van der Waals surface area (Å²) in [5.74, 6) is 0.869. The molecule has 0 bridgehead atoms. The standard InChI is InChI=1S/C20H25N3O3S/c1-13(14-8-9-14)21-18(24)12-27-20-22-17-7-3-2-6-16(17)19(25)23(20)11-15-5-4-10-26-15/h2-3,6-7,13-15H,4-5,8-12H2,1H3,(H,21,24)/t13-,15+/m0/s1. The average molecular weight is 388 g/mol. The SMILES string of the molecule is C[C@H](NC(=O)CSc1nc2ccccc2c(=O)n1C[C@H]1CCCO1)C1CC1. The number of hydrogen-bond acceptors (Lipinski definition) is 5. The molecular formula is C20H25N3O3S. The van der Waals surface area contributed by atoms with Crippen LogP contribution in [-0.4, -0.2) is 40.0 Å². The number of nitrogens with zero attached hydrogens (tertiary/aromatic N) is 2. The van der Waals surface area contributed by atoms with Crippen molar-refractivity contribution in [3.8, 4) is 0 Å². The van der Waals surface area contributed by atoms with E-state index >= 15 is 0 Å². The number of nitrogens with one attached hydrogen (secondary N) is 1. The Morgan fingerprint density at radius 3 is 2.93 bits per heavy atom. The van der Waals surface area contributed by atoms with Gasteiger partial charge in [0.25, 0.3) is 5.56 Å². The summed E-state index contributed by atoms with van der Waals surface area (Å²) in [4.78, 5) is 30.0. The lowest BCUT2D eigenvalue weighted by Crippen LogP contribution is -2.35. The van der Waals surface area contributed by atoms with Gasteiger partial charge in [-0.1, -0.05) is 23.9 Å². The van der Waals surface area contributed by atoms with Crippen molar-refractivity contribution in [3.63, 3.8) is 0 Å². The van der Waals surface area contributed by atoms with Gasteiger partial charge in [0.2, 0.25) is 5.91 Å². The molecule has 1 saturated heterocycles. The molecule has 2 aliphatic rings. The third kappa shape index (κ3) is 4.35. The van der Waals surface area contributed by atoms with E-state index in [1.165, 1.54) is 24.6 Å². The third-order valence-electron chi connectivity index (χ3n) is 5.29. The van der Waals surface area contributed by atoms with Gasteiger partial charge in [-0.2, -0.15) is 0 Å². The minimum atomic E-state index is -0.0645. The molecule has 27 heavy (non-hydrogen) atoms. The monoisotopic (exact) mass is 387 g/mol. The van der Waals surface area contributed by atoms with Crippen molar-refractivity contribution in [1.82, 2.24) is 14.9 Å². The summed E-state index contributed by atoms with van der Waals surface area (Å²) in [6, 6.07) is 7.58. The predicted octanol–water partition coefficient (Wildman–Crippen LogP) is 2.58. The van der Waals surface area contributed by atoms with Crippen LogP contribution in [-0.2, 0) is 16.1 Å². The van der Waals surface area contributed by atoms with Gasteiger partial charge in [0.1, 0.15) is 0 Å². The summed E-state index contributed by atoms with van der Waals surface area (Å²) < 4.78 is 7.40. The lowest BCUT2D eigenvalue weighted by molar-refractivity contribution is -0.119. The quantitative estimate of drug-likeness (QED) is 0.584. The molecule has 1 amide bonds. The van der Waals surface area contributed by atoms with Crippen molar-refractivity contribution in [2.45, 2.75) is 56.5 Å². The fourth-order valence-electron chi connectivity index (χ4n) is 3.55. The largest absolute Gasteiger partial charge is 0.376 e. The maximum atomic E-state index is 13.0.